The Balaban J connectivity index is 2.05. The Hall–Kier alpha value is -1.86. The molecule has 0 saturated carbocycles. The number of hydrogen-bond donors (Lipinski definition) is 0. The van der Waals surface area contributed by atoms with Crippen molar-refractivity contribution in [1.29, 1.82) is 0 Å². The summed E-state index contributed by atoms with van der Waals surface area (Å²) in [5.74, 6) is 0. The lowest BCUT2D eigenvalue weighted by atomic mass is 10.0. The van der Waals surface area contributed by atoms with Crippen LogP contribution in [-0.4, -0.2) is 4.98 Å². The minimum Gasteiger partial charge on any atom is -0.248 e. The average molecular weight is 296 g/mol. The molecule has 2 aromatic carbocycles. The van der Waals surface area contributed by atoms with E-state index in [1.807, 2.05) is 24.3 Å². The summed E-state index contributed by atoms with van der Waals surface area (Å²) in [6.07, 6.45) is 3.51. The minimum absolute atomic E-state index is 0.775. The van der Waals surface area contributed by atoms with Crippen molar-refractivity contribution in [2.24, 2.45) is 0 Å². The Morgan fingerprint density at radius 1 is 1.00 bits per heavy atom. The van der Waals surface area contributed by atoms with Crippen molar-refractivity contribution in [3.63, 3.8) is 0 Å². The van der Waals surface area contributed by atoms with E-state index in [2.05, 4.69) is 37.3 Å². The standard InChI is InChI=1S/C19H18ClN/c1-2-3-7-14-10-11-18-16(12-14)17(20)13-19(21-18)15-8-5-4-6-9-15/h4-6,8-13H,2-3,7H2,1H3. The van der Waals surface area contributed by atoms with E-state index in [4.69, 9.17) is 16.6 Å². The third kappa shape index (κ3) is 3.08. The molecule has 3 rings (SSSR count). The second-order valence-corrected chi connectivity index (χ2v) is 5.72. The van der Waals surface area contributed by atoms with Crippen molar-refractivity contribution in [3.05, 3.63) is 65.2 Å². The quantitative estimate of drug-likeness (QED) is 0.584. The fraction of sp³-hybridized carbons (Fsp3) is 0.211. The van der Waals surface area contributed by atoms with E-state index in [0.717, 1.165) is 33.6 Å². The van der Waals surface area contributed by atoms with Crippen LogP contribution in [0.5, 0.6) is 0 Å². The van der Waals surface area contributed by atoms with Crippen molar-refractivity contribution in [2.75, 3.05) is 0 Å². The topological polar surface area (TPSA) is 12.9 Å². The Kier molecular flexibility index (Phi) is 4.21. The molecule has 0 fully saturated rings. The highest BCUT2D eigenvalue weighted by Crippen LogP contribution is 2.29. The number of halogens is 1. The molecule has 0 spiro atoms. The monoisotopic (exact) mass is 295 g/mol. The molecule has 1 heterocycles. The lowest BCUT2D eigenvalue weighted by Crippen LogP contribution is -1.90. The van der Waals surface area contributed by atoms with E-state index in [1.165, 1.54) is 18.4 Å². The van der Waals surface area contributed by atoms with Crippen LogP contribution in [0.25, 0.3) is 22.2 Å². The van der Waals surface area contributed by atoms with Gasteiger partial charge < -0.3 is 0 Å². The molecular weight excluding hydrogens is 278 g/mol. The summed E-state index contributed by atoms with van der Waals surface area (Å²) in [4.78, 5) is 4.74. The number of benzene rings is 2. The van der Waals surface area contributed by atoms with Gasteiger partial charge in [-0.25, -0.2) is 4.98 Å². The summed E-state index contributed by atoms with van der Waals surface area (Å²) in [6, 6.07) is 18.5. The van der Waals surface area contributed by atoms with Crippen LogP contribution in [0.3, 0.4) is 0 Å². The summed E-state index contributed by atoms with van der Waals surface area (Å²) < 4.78 is 0. The van der Waals surface area contributed by atoms with Gasteiger partial charge in [-0.05, 0) is 36.6 Å². The molecule has 21 heavy (non-hydrogen) atoms. The highest BCUT2D eigenvalue weighted by molar-refractivity contribution is 6.35. The smallest absolute Gasteiger partial charge is 0.0724 e. The lowest BCUT2D eigenvalue weighted by molar-refractivity contribution is 0.796. The zero-order valence-electron chi connectivity index (χ0n) is 12.1. The van der Waals surface area contributed by atoms with Gasteiger partial charge in [-0.3, -0.25) is 0 Å². The fourth-order valence-corrected chi connectivity index (χ4v) is 2.78. The molecule has 0 unspecified atom stereocenters. The third-order valence-corrected chi connectivity index (χ3v) is 4.02. The fourth-order valence-electron chi connectivity index (χ4n) is 2.53. The largest absolute Gasteiger partial charge is 0.248 e. The maximum absolute atomic E-state index is 6.48. The van der Waals surface area contributed by atoms with Gasteiger partial charge in [-0.15, -0.1) is 0 Å². The molecule has 106 valence electrons. The first-order chi connectivity index (χ1) is 10.3. The molecule has 1 aromatic heterocycles. The van der Waals surface area contributed by atoms with E-state index in [-0.39, 0.29) is 0 Å². The molecular formula is C19H18ClN. The van der Waals surface area contributed by atoms with Gasteiger partial charge >= 0.3 is 0 Å². The summed E-state index contributed by atoms with van der Waals surface area (Å²) >= 11 is 6.48. The number of hydrogen-bond acceptors (Lipinski definition) is 1. The van der Waals surface area contributed by atoms with Gasteiger partial charge in [0.25, 0.3) is 0 Å². The van der Waals surface area contributed by atoms with Crippen molar-refractivity contribution in [2.45, 2.75) is 26.2 Å². The Bertz CT molecular complexity index is 750. The van der Waals surface area contributed by atoms with Crippen LogP contribution in [0, 0.1) is 0 Å². The van der Waals surface area contributed by atoms with Crippen LogP contribution >= 0.6 is 11.6 Å². The lowest BCUT2D eigenvalue weighted by Gasteiger charge is -2.08. The minimum atomic E-state index is 0.775. The molecule has 0 saturated heterocycles. The van der Waals surface area contributed by atoms with Crippen molar-refractivity contribution >= 4 is 22.5 Å². The van der Waals surface area contributed by atoms with Crippen LogP contribution < -0.4 is 0 Å². The molecule has 0 aliphatic rings. The summed E-state index contributed by atoms with van der Waals surface area (Å²) in [6.45, 7) is 2.21. The molecule has 0 atom stereocenters. The number of aryl methyl sites for hydroxylation is 1. The highest BCUT2D eigenvalue weighted by Gasteiger charge is 2.07. The maximum atomic E-state index is 6.48. The van der Waals surface area contributed by atoms with Gasteiger partial charge in [0.1, 0.15) is 0 Å². The van der Waals surface area contributed by atoms with Crippen LogP contribution in [0.4, 0.5) is 0 Å². The molecule has 0 bridgehead atoms. The van der Waals surface area contributed by atoms with E-state index in [9.17, 15) is 0 Å². The van der Waals surface area contributed by atoms with Gasteiger partial charge in [0, 0.05) is 10.9 Å². The molecule has 0 amide bonds. The molecule has 0 radical (unpaired) electrons. The first kappa shape index (κ1) is 14.1. The van der Waals surface area contributed by atoms with E-state index >= 15 is 0 Å². The van der Waals surface area contributed by atoms with Crippen LogP contribution in [0.1, 0.15) is 25.3 Å². The Morgan fingerprint density at radius 2 is 1.81 bits per heavy atom. The zero-order chi connectivity index (χ0) is 14.7. The van der Waals surface area contributed by atoms with Crippen LogP contribution in [0.2, 0.25) is 5.02 Å². The predicted molar refractivity (Wildman–Crippen MR) is 90.8 cm³/mol. The second kappa shape index (κ2) is 6.28. The predicted octanol–water partition coefficient (Wildman–Crippen LogP) is 5.90. The van der Waals surface area contributed by atoms with Crippen molar-refractivity contribution < 1.29 is 0 Å². The second-order valence-electron chi connectivity index (χ2n) is 5.31. The van der Waals surface area contributed by atoms with Gasteiger partial charge in [0.15, 0.2) is 0 Å². The van der Waals surface area contributed by atoms with Gasteiger partial charge in [0.2, 0.25) is 0 Å². The normalized spacial score (nSPS) is 11.0. The Labute approximate surface area is 130 Å². The van der Waals surface area contributed by atoms with E-state index in [0.29, 0.717) is 0 Å². The first-order valence-electron chi connectivity index (χ1n) is 7.42. The van der Waals surface area contributed by atoms with Gasteiger partial charge in [0.05, 0.1) is 16.2 Å². The van der Waals surface area contributed by atoms with Crippen LogP contribution in [0.15, 0.2) is 54.6 Å². The van der Waals surface area contributed by atoms with Gasteiger partial charge in [-0.2, -0.15) is 0 Å². The number of unbranched alkanes of at least 4 members (excludes halogenated alkanes) is 1. The highest BCUT2D eigenvalue weighted by atomic mass is 35.5. The molecule has 1 nitrogen and oxygen atoms in total. The molecule has 0 N–H and O–H groups in total. The third-order valence-electron chi connectivity index (χ3n) is 3.71. The number of rotatable bonds is 4. The zero-order valence-corrected chi connectivity index (χ0v) is 12.9. The number of pyridine rings is 1. The van der Waals surface area contributed by atoms with E-state index in [1.54, 1.807) is 0 Å². The molecule has 2 heteroatoms. The summed E-state index contributed by atoms with van der Waals surface area (Å²) in [5.41, 5.74) is 4.31. The molecule has 0 aliphatic carbocycles. The number of aromatic nitrogens is 1. The molecule has 3 aromatic rings. The average Bonchev–Trinajstić information content (AvgIpc) is 2.54. The maximum Gasteiger partial charge on any atom is 0.0724 e. The summed E-state index contributed by atoms with van der Waals surface area (Å²) in [7, 11) is 0. The SMILES string of the molecule is CCCCc1ccc2nc(-c3ccccc3)cc(Cl)c2c1. The number of fused-ring (bicyclic) bond motifs is 1. The summed E-state index contributed by atoms with van der Waals surface area (Å²) in [5, 5.41) is 1.82. The number of nitrogens with zero attached hydrogens (tertiary/aromatic N) is 1. The van der Waals surface area contributed by atoms with Gasteiger partial charge in [-0.1, -0.05) is 61.3 Å². The molecule has 0 aliphatic heterocycles. The van der Waals surface area contributed by atoms with Crippen molar-refractivity contribution in [3.8, 4) is 11.3 Å². The Morgan fingerprint density at radius 3 is 2.57 bits per heavy atom. The van der Waals surface area contributed by atoms with Crippen LogP contribution in [-0.2, 0) is 6.42 Å². The van der Waals surface area contributed by atoms with E-state index < -0.39 is 0 Å². The van der Waals surface area contributed by atoms with Crippen molar-refractivity contribution in [1.82, 2.24) is 4.98 Å². The first-order valence-corrected chi connectivity index (χ1v) is 7.80.